The van der Waals surface area contributed by atoms with E-state index in [4.69, 9.17) is 19.9 Å². The minimum atomic E-state index is 0. The Morgan fingerprint density at radius 1 is 1.26 bits per heavy atom. The molecule has 1 aromatic rings. The van der Waals surface area contributed by atoms with Crippen molar-refractivity contribution in [2.75, 3.05) is 13.9 Å². The molecule has 0 aromatic heterocycles. The van der Waals surface area contributed by atoms with Gasteiger partial charge in [-0.1, -0.05) is 13.8 Å². The van der Waals surface area contributed by atoms with Gasteiger partial charge in [-0.3, -0.25) is 0 Å². The van der Waals surface area contributed by atoms with Gasteiger partial charge in [-0.2, -0.15) is 0 Å². The molecular formula is C14H22ClNO3. The van der Waals surface area contributed by atoms with E-state index in [2.05, 4.69) is 13.8 Å². The predicted octanol–water partition coefficient (Wildman–Crippen LogP) is 3.28. The summed E-state index contributed by atoms with van der Waals surface area (Å²) >= 11 is 0. The molecule has 2 rings (SSSR count). The summed E-state index contributed by atoms with van der Waals surface area (Å²) in [6, 6.07) is 3.91. The van der Waals surface area contributed by atoms with Gasteiger partial charge in [-0.25, -0.2) is 0 Å². The number of methoxy groups -OCH3 is 1. The maximum atomic E-state index is 6.21. The summed E-state index contributed by atoms with van der Waals surface area (Å²) in [6.07, 6.45) is 2.07. The molecule has 108 valence electrons. The van der Waals surface area contributed by atoms with Crippen LogP contribution in [0.3, 0.4) is 0 Å². The van der Waals surface area contributed by atoms with Gasteiger partial charge >= 0.3 is 0 Å². The van der Waals surface area contributed by atoms with Crippen LogP contribution in [-0.4, -0.2) is 13.9 Å². The molecule has 1 heterocycles. The lowest BCUT2D eigenvalue weighted by molar-refractivity contribution is 0.171. The van der Waals surface area contributed by atoms with Gasteiger partial charge < -0.3 is 19.9 Å². The van der Waals surface area contributed by atoms with Crippen molar-refractivity contribution >= 4 is 12.4 Å². The molecule has 2 N–H and O–H groups in total. The van der Waals surface area contributed by atoms with Gasteiger partial charge in [0.1, 0.15) is 0 Å². The number of fused-ring (bicyclic) bond motifs is 1. The topological polar surface area (TPSA) is 53.7 Å². The van der Waals surface area contributed by atoms with Crippen molar-refractivity contribution in [3.63, 3.8) is 0 Å². The average Bonchev–Trinajstić information content (AvgIpc) is 2.82. The number of rotatable bonds is 5. The Labute approximate surface area is 120 Å². The zero-order valence-corrected chi connectivity index (χ0v) is 12.5. The molecular weight excluding hydrogens is 266 g/mol. The summed E-state index contributed by atoms with van der Waals surface area (Å²) < 4.78 is 16.1. The van der Waals surface area contributed by atoms with Crippen LogP contribution in [-0.2, 0) is 0 Å². The molecule has 1 atom stereocenters. The molecule has 0 saturated carbocycles. The minimum absolute atomic E-state index is 0. The summed E-state index contributed by atoms with van der Waals surface area (Å²) in [5.41, 5.74) is 7.25. The maximum Gasteiger partial charge on any atom is 0.231 e. The van der Waals surface area contributed by atoms with Crippen molar-refractivity contribution in [2.24, 2.45) is 11.7 Å². The zero-order valence-electron chi connectivity index (χ0n) is 11.6. The van der Waals surface area contributed by atoms with Crippen LogP contribution in [0.5, 0.6) is 17.2 Å². The first-order valence-corrected chi connectivity index (χ1v) is 6.35. The van der Waals surface area contributed by atoms with Gasteiger partial charge in [0.05, 0.1) is 7.11 Å². The van der Waals surface area contributed by atoms with Gasteiger partial charge in [-0.05, 0) is 36.5 Å². The first-order chi connectivity index (χ1) is 8.61. The molecule has 0 unspecified atom stereocenters. The fourth-order valence-electron chi connectivity index (χ4n) is 2.04. The standard InChI is InChI=1S/C14H21NO3.ClH/c1-9(2)4-5-11(15)10-6-12(16-3)14-13(7-10)17-8-18-14;/h6-7,9,11H,4-5,8,15H2,1-3H3;1H/t11-;/m1./s1. The Bertz CT molecular complexity index is 423. The van der Waals surface area contributed by atoms with Crippen LogP contribution in [0.2, 0.25) is 0 Å². The van der Waals surface area contributed by atoms with E-state index < -0.39 is 0 Å². The molecule has 1 aliphatic heterocycles. The molecule has 0 saturated heterocycles. The van der Waals surface area contributed by atoms with Gasteiger partial charge in [0.15, 0.2) is 11.5 Å². The van der Waals surface area contributed by atoms with Gasteiger partial charge in [0.25, 0.3) is 0 Å². The van der Waals surface area contributed by atoms with Crippen LogP contribution in [0.1, 0.15) is 38.3 Å². The third-order valence-electron chi connectivity index (χ3n) is 3.16. The highest BCUT2D eigenvalue weighted by molar-refractivity contribution is 5.85. The monoisotopic (exact) mass is 287 g/mol. The number of hydrogen-bond donors (Lipinski definition) is 1. The SMILES string of the molecule is COc1cc([C@H](N)CCC(C)C)cc2c1OCO2.Cl. The Balaban J connectivity index is 0.00000180. The summed E-state index contributed by atoms with van der Waals surface area (Å²) in [5, 5.41) is 0. The molecule has 19 heavy (non-hydrogen) atoms. The Kier molecular flexibility index (Phi) is 5.76. The van der Waals surface area contributed by atoms with Crippen LogP contribution in [0.15, 0.2) is 12.1 Å². The first kappa shape index (κ1) is 15.9. The third kappa shape index (κ3) is 3.67. The molecule has 5 heteroatoms. The average molecular weight is 288 g/mol. The third-order valence-corrected chi connectivity index (χ3v) is 3.16. The van der Waals surface area contributed by atoms with Crippen molar-refractivity contribution in [1.82, 2.24) is 0 Å². The molecule has 1 aromatic carbocycles. The molecule has 0 fully saturated rings. The molecule has 0 amide bonds. The number of halogens is 1. The second kappa shape index (κ2) is 6.87. The summed E-state index contributed by atoms with van der Waals surface area (Å²) in [4.78, 5) is 0. The van der Waals surface area contributed by atoms with E-state index in [1.807, 2.05) is 12.1 Å². The van der Waals surface area contributed by atoms with E-state index in [1.165, 1.54) is 0 Å². The van der Waals surface area contributed by atoms with Crippen LogP contribution in [0.4, 0.5) is 0 Å². The summed E-state index contributed by atoms with van der Waals surface area (Å²) in [6.45, 7) is 4.65. The van der Waals surface area contributed by atoms with E-state index in [-0.39, 0.29) is 25.2 Å². The van der Waals surface area contributed by atoms with Crippen LogP contribution in [0.25, 0.3) is 0 Å². The molecule has 0 aliphatic carbocycles. The van der Waals surface area contributed by atoms with E-state index in [0.29, 0.717) is 17.4 Å². The van der Waals surface area contributed by atoms with E-state index >= 15 is 0 Å². The highest BCUT2D eigenvalue weighted by Gasteiger charge is 2.21. The van der Waals surface area contributed by atoms with Gasteiger partial charge in [-0.15, -0.1) is 12.4 Å². The highest BCUT2D eigenvalue weighted by atomic mass is 35.5. The molecule has 4 nitrogen and oxygen atoms in total. The lowest BCUT2D eigenvalue weighted by atomic mass is 9.98. The van der Waals surface area contributed by atoms with Crippen molar-refractivity contribution in [3.05, 3.63) is 17.7 Å². The Morgan fingerprint density at radius 2 is 2.00 bits per heavy atom. The van der Waals surface area contributed by atoms with E-state index in [1.54, 1.807) is 7.11 Å². The normalized spacial score (nSPS) is 14.2. The lowest BCUT2D eigenvalue weighted by Crippen LogP contribution is -2.11. The van der Waals surface area contributed by atoms with Crippen molar-refractivity contribution in [2.45, 2.75) is 32.7 Å². The van der Waals surface area contributed by atoms with Gasteiger partial charge in [0.2, 0.25) is 12.5 Å². The maximum absolute atomic E-state index is 6.21. The van der Waals surface area contributed by atoms with Crippen molar-refractivity contribution in [3.8, 4) is 17.2 Å². The first-order valence-electron chi connectivity index (χ1n) is 6.35. The van der Waals surface area contributed by atoms with Crippen LogP contribution < -0.4 is 19.9 Å². The van der Waals surface area contributed by atoms with Crippen molar-refractivity contribution in [1.29, 1.82) is 0 Å². The number of hydrogen-bond acceptors (Lipinski definition) is 4. The number of nitrogens with two attached hydrogens (primary N) is 1. The number of benzene rings is 1. The summed E-state index contributed by atoms with van der Waals surface area (Å²) in [7, 11) is 1.63. The molecule has 1 aliphatic rings. The van der Waals surface area contributed by atoms with Gasteiger partial charge in [0, 0.05) is 6.04 Å². The van der Waals surface area contributed by atoms with Crippen molar-refractivity contribution < 1.29 is 14.2 Å². The second-order valence-electron chi connectivity index (χ2n) is 5.03. The predicted molar refractivity (Wildman–Crippen MR) is 77.4 cm³/mol. The quantitative estimate of drug-likeness (QED) is 0.903. The second-order valence-corrected chi connectivity index (χ2v) is 5.03. The van der Waals surface area contributed by atoms with E-state index in [0.717, 1.165) is 24.2 Å². The Hall–Kier alpha value is -1.13. The largest absolute Gasteiger partial charge is 0.493 e. The van der Waals surface area contributed by atoms with Crippen LogP contribution in [0, 0.1) is 5.92 Å². The zero-order chi connectivity index (χ0) is 13.1. The fourth-order valence-corrected chi connectivity index (χ4v) is 2.04. The summed E-state index contributed by atoms with van der Waals surface area (Å²) in [5.74, 6) is 2.76. The molecule has 0 spiro atoms. The fraction of sp³-hybridized carbons (Fsp3) is 0.571. The highest BCUT2D eigenvalue weighted by Crippen LogP contribution is 2.43. The smallest absolute Gasteiger partial charge is 0.231 e. The number of ether oxygens (including phenoxy) is 3. The van der Waals surface area contributed by atoms with E-state index in [9.17, 15) is 0 Å². The Morgan fingerprint density at radius 3 is 2.63 bits per heavy atom. The molecule has 0 bridgehead atoms. The lowest BCUT2D eigenvalue weighted by Gasteiger charge is -2.15. The minimum Gasteiger partial charge on any atom is -0.493 e. The van der Waals surface area contributed by atoms with Crippen LogP contribution >= 0.6 is 12.4 Å². The molecule has 0 radical (unpaired) electrons.